The molecule has 2 aromatic rings. The number of ether oxygens (including phenoxy) is 4. The number of amides is 2. The third kappa shape index (κ3) is 8.32. The number of carbonyl (C=O) groups excluding carboxylic acids is 2. The van der Waals surface area contributed by atoms with Crippen molar-refractivity contribution in [3.05, 3.63) is 46.5 Å². The number of fused-ring (bicyclic) bond motifs is 2. The van der Waals surface area contributed by atoms with E-state index in [0.717, 1.165) is 60.8 Å². The van der Waals surface area contributed by atoms with Gasteiger partial charge in [-0.05, 0) is 98.3 Å². The van der Waals surface area contributed by atoms with Crippen LogP contribution in [0, 0.1) is 49.4 Å². The zero-order chi connectivity index (χ0) is 38.6. The molecule has 0 bridgehead atoms. The number of rotatable bonds is 6. The predicted molar refractivity (Wildman–Crippen MR) is 212 cm³/mol. The molecule has 6 rings (SSSR count). The average Bonchev–Trinajstić information content (AvgIpc) is 3.01. The number of nitrogens with one attached hydrogen (secondary N) is 2. The Morgan fingerprint density at radius 3 is 1.40 bits per heavy atom. The van der Waals surface area contributed by atoms with Gasteiger partial charge in [0.05, 0.1) is 11.4 Å². The van der Waals surface area contributed by atoms with Crippen molar-refractivity contribution in [3.63, 3.8) is 0 Å². The quantitative estimate of drug-likeness (QED) is 0.307. The molecule has 8 heteroatoms. The van der Waals surface area contributed by atoms with Gasteiger partial charge in [-0.25, -0.2) is 9.59 Å². The van der Waals surface area contributed by atoms with E-state index in [-0.39, 0.29) is 23.0 Å². The third-order valence-corrected chi connectivity index (χ3v) is 12.8. The molecule has 292 valence electrons. The van der Waals surface area contributed by atoms with E-state index in [1.165, 1.54) is 0 Å². The highest BCUT2D eigenvalue weighted by Gasteiger charge is 2.54. The molecule has 0 radical (unpaired) electrons. The van der Waals surface area contributed by atoms with Crippen LogP contribution < -0.4 is 20.1 Å². The van der Waals surface area contributed by atoms with Crippen molar-refractivity contribution in [1.82, 2.24) is 0 Å². The van der Waals surface area contributed by atoms with Crippen molar-refractivity contribution >= 4 is 23.6 Å². The van der Waals surface area contributed by atoms with E-state index in [1.54, 1.807) is 0 Å². The number of hydrogen-bond acceptors (Lipinski definition) is 6. The number of anilines is 2. The molecule has 1 spiro atoms. The van der Waals surface area contributed by atoms with Gasteiger partial charge in [-0.15, -0.1) is 0 Å². The van der Waals surface area contributed by atoms with Crippen LogP contribution >= 0.6 is 0 Å². The van der Waals surface area contributed by atoms with Crippen LogP contribution in [0.5, 0.6) is 11.5 Å². The Labute approximate surface area is 318 Å². The van der Waals surface area contributed by atoms with Crippen LogP contribution in [-0.4, -0.2) is 30.2 Å². The summed E-state index contributed by atoms with van der Waals surface area (Å²) in [5.74, 6) is 2.73. The summed E-state index contributed by atoms with van der Waals surface area (Å²) in [6, 6.07) is 8.23. The Hall–Kier alpha value is -3.42. The zero-order valence-electron chi connectivity index (χ0n) is 34.5. The lowest BCUT2D eigenvalue weighted by molar-refractivity contribution is -0.165. The van der Waals surface area contributed by atoms with E-state index in [0.29, 0.717) is 71.2 Å². The molecule has 2 saturated carbocycles. The summed E-state index contributed by atoms with van der Waals surface area (Å²) in [5, 5.41) is 6.23. The third-order valence-electron chi connectivity index (χ3n) is 12.8. The Morgan fingerprint density at radius 1 is 0.660 bits per heavy atom. The van der Waals surface area contributed by atoms with Crippen LogP contribution in [0.3, 0.4) is 0 Å². The zero-order valence-corrected chi connectivity index (χ0v) is 34.5. The highest BCUT2D eigenvalue weighted by atomic mass is 16.7. The molecule has 4 aliphatic rings. The van der Waals surface area contributed by atoms with E-state index in [4.69, 9.17) is 18.9 Å². The highest BCUT2D eigenvalue weighted by molar-refractivity contribution is 5.89. The number of carbonyl (C=O) groups is 2. The maximum Gasteiger partial charge on any atom is 0.412 e. The van der Waals surface area contributed by atoms with E-state index in [1.807, 2.05) is 26.0 Å². The second-order valence-electron chi connectivity index (χ2n) is 19.4. The van der Waals surface area contributed by atoms with Gasteiger partial charge in [-0.2, -0.15) is 0 Å². The van der Waals surface area contributed by atoms with Crippen LogP contribution in [0.4, 0.5) is 21.0 Å². The molecule has 6 atom stereocenters. The van der Waals surface area contributed by atoms with Crippen molar-refractivity contribution < 1.29 is 28.5 Å². The second kappa shape index (κ2) is 14.7. The number of aryl methyl sites for hydroxylation is 2. The van der Waals surface area contributed by atoms with E-state index >= 15 is 0 Å². The lowest BCUT2D eigenvalue weighted by Gasteiger charge is -2.52. The monoisotopic (exact) mass is 730 g/mol. The van der Waals surface area contributed by atoms with Crippen LogP contribution in [-0.2, 0) is 20.3 Å². The molecular formula is C45H66N2O6. The summed E-state index contributed by atoms with van der Waals surface area (Å²) in [5.41, 5.74) is 4.53. The van der Waals surface area contributed by atoms with Gasteiger partial charge in [-0.1, -0.05) is 94.2 Å². The van der Waals surface area contributed by atoms with Gasteiger partial charge in [0.2, 0.25) is 0 Å². The van der Waals surface area contributed by atoms with E-state index < -0.39 is 18.0 Å². The Morgan fingerprint density at radius 2 is 1.04 bits per heavy atom. The molecule has 0 saturated heterocycles. The summed E-state index contributed by atoms with van der Waals surface area (Å²) in [7, 11) is 0. The average molecular weight is 731 g/mol. The maximum atomic E-state index is 13.7. The van der Waals surface area contributed by atoms with Gasteiger partial charge in [0.1, 0.15) is 12.2 Å². The van der Waals surface area contributed by atoms with Gasteiger partial charge < -0.3 is 18.9 Å². The summed E-state index contributed by atoms with van der Waals surface area (Å²) in [4.78, 5) is 27.3. The first-order valence-corrected chi connectivity index (χ1v) is 20.4. The largest absolute Gasteiger partial charge is 0.450 e. The van der Waals surface area contributed by atoms with Crippen LogP contribution in [0.1, 0.15) is 143 Å². The van der Waals surface area contributed by atoms with E-state index in [9.17, 15) is 9.59 Å². The predicted octanol–water partition coefficient (Wildman–Crippen LogP) is 11.8. The Balaban J connectivity index is 1.30. The lowest BCUT2D eigenvalue weighted by atomic mass is 9.68. The fourth-order valence-corrected chi connectivity index (χ4v) is 10.1. The minimum Gasteiger partial charge on any atom is -0.450 e. The molecule has 2 aliphatic heterocycles. The molecule has 2 amide bonds. The van der Waals surface area contributed by atoms with Crippen LogP contribution in [0.2, 0.25) is 0 Å². The topological polar surface area (TPSA) is 95.1 Å². The minimum atomic E-state index is -1.07. The highest BCUT2D eigenvalue weighted by Crippen LogP contribution is 2.57. The SMILES string of the molecule is Cc1cc(NC(=O)O[C@@H]2C[C@H](C)CC[C@H]2C(C)C)c2c(c1)C(C)(C)CC1(CC(C)(C)c3cc(C)cc(NC(=O)O[C@@H]4C[C@H](C)CC[C@H]4C(C)C)c3O1)O2. The lowest BCUT2D eigenvalue weighted by Crippen LogP contribution is -2.56. The van der Waals surface area contributed by atoms with Crippen molar-refractivity contribution in [2.24, 2.45) is 35.5 Å². The first-order valence-electron chi connectivity index (χ1n) is 20.4. The molecule has 2 fully saturated rings. The van der Waals surface area contributed by atoms with Crippen molar-refractivity contribution in [2.45, 2.75) is 163 Å². The normalized spacial score (nSPS) is 28.3. The fraction of sp³-hybridized carbons (Fsp3) is 0.689. The fourth-order valence-electron chi connectivity index (χ4n) is 10.1. The Kier molecular flexibility index (Phi) is 10.9. The molecule has 0 aromatic heterocycles. The van der Waals surface area contributed by atoms with Crippen molar-refractivity contribution in [1.29, 1.82) is 0 Å². The first-order chi connectivity index (χ1) is 24.8. The molecule has 2 heterocycles. The standard InChI is InChI=1S/C45H66N2O6/c1-25(2)31-15-13-27(5)21-37(31)50-41(48)46-35-19-29(7)17-33-39(35)52-45(23-43(33,9)10)24-44(11,12)34-18-30(8)20-36(40(34)53-45)47-42(49)51-38-22-28(6)14-16-32(38)26(3)4/h17-20,25-28,31-32,37-38H,13-16,21-24H2,1-12H3,(H,46,48)(H,47,49)/t27-,28-,31+,32+,37-,38-,45?/m1/s1. The summed E-state index contributed by atoms with van der Waals surface area (Å²) < 4.78 is 26.5. The summed E-state index contributed by atoms with van der Waals surface area (Å²) in [6.07, 6.45) is 6.21. The van der Waals surface area contributed by atoms with Gasteiger partial charge in [0, 0.05) is 34.8 Å². The summed E-state index contributed by atoms with van der Waals surface area (Å²) in [6.45, 7) is 26.3. The maximum absolute atomic E-state index is 13.7. The van der Waals surface area contributed by atoms with Crippen molar-refractivity contribution in [3.8, 4) is 11.5 Å². The van der Waals surface area contributed by atoms with E-state index in [2.05, 4.69) is 92.0 Å². The number of hydrogen-bond donors (Lipinski definition) is 2. The molecular weight excluding hydrogens is 665 g/mol. The molecule has 2 aromatic carbocycles. The molecule has 2 aliphatic carbocycles. The second-order valence-corrected chi connectivity index (χ2v) is 19.4. The summed E-state index contributed by atoms with van der Waals surface area (Å²) >= 11 is 0. The van der Waals surface area contributed by atoms with Crippen molar-refractivity contribution in [2.75, 3.05) is 10.6 Å². The van der Waals surface area contributed by atoms with Gasteiger partial charge in [0.25, 0.3) is 5.79 Å². The number of benzene rings is 2. The molecule has 53 heavy (non-hydrogen) atoms. The molecule has 8 nitrogen and oxygen atoms in total. The first kappa shape index (κ1) is 39.3. The molecule has 0 unspecified atom stereocenters. The minimum absolute atomic E-state index is 0.124. The van der Waals surface area contributed by atoms with Crippen LogP contribution in [0.15, 0.2) is 24.3 Å². The van der Waals surface area contributed by atoms with Gasteiger partial charge in [0.15, 0.2) is 11.5 Å². The smallest absolute Gasteiger partial charge is 0.412 e. The van der Waals surface area contributed by atoms with Gasteiger partial charge in [-0.3, -0.25) is 10.6 Å². The van der Waals surface area contributed by atoms with Crippen LogP contribution in [0.25, 0.3) is 0 Å². The van der Waals surface area contributed by atoms with Gasteiger partial charge >= 0.3 is 12.2 Å². The Bertz CT molecular complexity index is 1570. The molecule has 2 N–H and O–H groups in total.